The van der Waals surface area contributed by atoms with Crippen molar-refractivity contribution >= 4 is 0 Å². The quantitative estimate of drug-likeness (QED) is 0.490. The minimum absolute atomic E-state index is 0.750. The second-order valence-corrected chi connectivity index (χ2v) is 3.22. The molecule has 3 aliphatic heterocycles. The van der Waals surface area contributed by atoms with Crippen molar-refractivity contribution in [2.45, 2.75) is 19.3 Å². The predicted octanol–water partition coefficient (Wildman–Crippen LogP) is 0.0306. The lowest BCUT2D eigenvalue weighted by Gasteiger charge is -2.38. The minimum Gasteiger partial charge on any atom is -0.371 e. The van der Waals surface area contributed by atoms with E-state index in [0.29, 0.717) is 0 Å². The Bertz CT molecular complexity index is 77.2. The van der Waals surface area contributed by atoms with E-state index >= 15 is 0 Å². The van der Waals surface area contributed by atoms with E-state index in [-0.39, 0.29) is 0 Å². The minimum atomic E-state index is -0.750. The van der Waals surface area contributed by atoms with Crippen LogP contribution in [0, 0.1) is 5.92 Å². The maximum Gasteiger partial charge on any atom is 0.140 e. The normalized spacial score (nSPS) is 34.4. The summed E-state index contributed by atoms with van der Waals surface area (Å²) in [5, 5.41) is 14.2. The Balaban J connectivity index is 0.000000179. The number of hydrogen-bond acceptors (Lipinski definition) is 3. The lowest BCUT2D eigenvalue weighted by atomic mass is 9.89. The van der Waals surface area contributed by atoms with Gasteiger partial charge in [-0.1, -0.05) is 0 Å². The third-order valence-electron chi connectivity index (χ3n) is 2.56. The largest absolute Gasteiger partial charge is 0.371 e. The molecule has 3 nitrogen and oxygen atoms in total. The fourth-order valence-electron chi connectivity index (χ4n) is 1.86. The van der Waals surface area contributed by atoms with Crippen LogP contribution in [0.3, 0.4) is 0 Å². The maximum absolute atomic E-state index is 7.12. The van der Waals surface area contributed by atoms with Gasteiger partial charge in [-0.2, -0.15) is 0 Å². The number of nitrogens with zero attached hydrogens (tertiary/aromatic N) is 1. The fraction of sp³-hybridized carbons (Fsp3) is 1.00. The summed E-state index contributed by atoms with van der Waals surface area (Å²) >= 11 is 0. The summed E-state index contributed by atoms with van der Waals surface area (Å²) < 4.78 is 0. The van der Waals surface area contributed by atoms with Crippen LogP contribution in [0.1, 0.15) is 19.3 Å². The summed E-state index contributed by atoms with van der Waals surface area (Å²) in [5.74, 6) is 1.11. The monoisotopic (exact) mass is 159 g/mol. The second kappa shape index (κ2) is 4.70. The zero-order valence-corrected chi connectivity index (χ0v) is 6.87. The predicted molar refractivity (Wildman–Crippen MR) is 43.1 cm³/mol. The van der Waals surface area contributed by atoms with Gasteiger partial charge in [-0.3, -0.25) is 0 Å². The molecule has 3 fully saturated rings. The summed E-state index contributed by atoms with van der Waals surface area (Å²) in [6, 6.07) is 0. The molecule has 0 saturated carbocycles. The summed E-state index contributed by atoms with van der Waals surface area (Å²) in [5.41, 5.74) is 0. The molecular formula is C8H17NO2. The summed E-state index contributed by atoms with van der Waals surface area (Å²) in [7, 11) is 0. The van der Waals surface area contributed by atoms with Crippen molar-refractivity contribution in [1.82, 2.24) is 4.90 Å². The third-order valence-corrected chi connectivity index (χ3v) is 2.56. The molecule has 0 aromatic rings. The Labute approximate surface area is 67.6 Å². The molecule has 0 aliphatic carbocycles. The summed E-state index contributed by atoms with van der Waals surface area (Å²) in [6.45, 7) is 3.43. The SMILES string of the molecule is C1CN2CCC1CC2.OCO. The lowest BCUT2D eigenvalue weighted by molar-refractivity contribution is 0.0773. The number of aliphatic hydroxyl groups excluding tert-OH is 1. The van der Waals surface area contributed by atoms with Crippen molar-refractivity contribution < 1.29 is 10.2 Å². The van der Waals surface area contributed by atoms with E-state index in [9.17, 15) is 0 Å². The molecular weight excluding hydrogens is 142 g/mol. The Morgan fingerprint density at radius 2 is 1.36 bits per heavy atom. The van der Waals surface area contributed by atoms with E-state index in [1.807, 2.05) is 0 Å². The molecule has 3 rings (SSSR count). The standard InChI is InChI=1S/C7H13N.CH4O2/c1-4-8-5-2-7(1)3-6-8;2-1-3/h7H,1-6H2;2-3H,1H2. The van der Waals surface area contributed by atoms with Gasteiger partial charge in [0, 0.05) is 0 Å². The van der Waals surface area contributed by atoms with E-state index < -0.39 is 6.79 Å². The molecule has 0 radical (unpaired) electrons. The molecule has 0 amide bonds. The number of aliphatic hydroxyl groups is 2. The fourth-order valence-corrected chi connectivity index (χ4v) is 1.86. The van der Waals surface area contributed by atoms with Crippen molar-refractivity contribution in [2.24, 2.45) is 5.92 Å². The third kappa shape index (κ3) is 2.77. The van der Waals surface area contributed by atoms with Gasteiger partial charge in [-0.25, -0.2) is 0 Å². The Hall–Kier alpha value is -0.120. The highest BCUT2D eigenvalue weighted by Crippen LogP contribution is 2.26. The Morgan fingerprint density at radius 3 is 1.45 bits per heavy atom. The topological polar surface area (TPSA) is 43.7 Å². The van der Waals surface area contributed by atoms with Crippen LogP contribution in [-0.4, -0.2) is 41.5 Å². The molecule has 66 valence electrons. The Kier molecular flexibility index (Phi) is 3.83. The van der Waals surface area contributed by atoms with Crippen LogP contribution in [0.4, 0.5) is 0 Å². The first kappa shape index (κ1) is 8.97. The van der Waals surface area contributed by atoms with Crippen LogP contribution in [-0.2, 0) is 0 Å². The number of hydrogen-bond donors (Lipinski definition) is 2. The van der Waals surface area contributed by atoms with Crippen LogP contribution in [0.15, 0.2) is 0 Å². The van der Waals surface area contributed by atoms with Crippen molar-refractivity contribution in [3.05, 3.63) is 0 Å². The van der Waals surface area contributed by atoms with Gasteiger partial charge in [0.2, 0.25) is 0 Å². The smallest absolute Gasteiger partial charge is 0.140 e. The molecule has 0 unspecified atom stereocenters. The van der Waals surface area contributed by atoms with E-state index in [1.54, 1.807) is 0 Å². The molecule has 0 atom stereocenters. The van der Waals surface area contributed by atoms with E-state index in [2.05, 4.69) is 4.90 Å². The van der Waals surface area contributed by atoms with Gasteiger partial charge >= 0.3 is 0 Å². The van der Waals surface area contributed by atoms with E-state index in [1.165, 1.54) is 38.9 Å². The molecule has 3 saturated heterocycles. The highest BCUT2D eigenvalue weighted by atomic mass is 16.5. The van der Waals surface area contributed by atoms with Crippen molar-refractivity contribution in [1.29, 1.82) is 0 Å². The van der Waals surface area contributed by atoms with Crippen molar-refractivity contribution in [3.8, 4) is 0 Å². The van der Waals surface area contributed by atoms with Crippen LogP contribution in [0.25, 0.3) is 0 Å². The van der Waals surface area contributed by atoms with Gasteiger partial charge in [-0.05, 0) is 44.8 Å². The molecule has 3 aliphatic rings. The van der Waals surface area contributed by atoms with E-state index in [0.717, 1.165) is 5.92 Å². The van der Waals surface area contributed by atoms with Gasteiger partial charge in [0.25, 0.3) is 0 Å². The average molecular weight is 159 g/mol. The first-order valence-corrected chi connectivity index (χ1v) is 4.31. The average Bonchev–Trinajstić information content (AvgIpc) is 2.09. The highest BCUT2D eigenvalue weighted by Gasteiger charge is 2.24. The molecule has 0 spiro atoms. The molecule has 11 heavy (non-hydrogen) atoms. The molecule has 3 heteroatoms. The summed E-state index contributed by atoms with van der Waals surface area (Å²) in [4.78, 5) is 2.58. The van der Waals surface area contributed by atoms with Gasteiger partial charge in [0.05, 0.1) is 0 Å². The lowest BCUT2D eigenvalue weighted by Crippen LogP contribution is -2.41. The molecule has 3 heterocycles. The first-order valence-electron chi connectivity index (χ1n) is 4.31. The van der Waals surface area contributed by atoms with Gasteiger partial charge in [0.15, 0.2) is 0 Å². The van der Waals surface area contributed by atoms with Crippen LogP contribution < -0.4 is 0 Å². The first-order chi connectivity index (χ1) is 5.36. The number of fused-ring (bicyclic) bond motifs is 3. The number of piperidine rings is 3. The molecule has 0 aromatic heterocycles. The maximum atomic E-state index is 7.12. The van der Waals surface area contributed by atoms with E-state index in [4.69, 9.17) is 10.2 Å². The van der Waals surface area contributed by atoms with Crippen LogP contribution in [0.5, 0.6) is 0 Å². The molecule has 2 N–H and O–H groups in total. The number of rotatable bonds is 0. The highest BCUT2D eigenvalue weighted by molar-refractivity contribution is 4.78. The second-order valence-electron chi connectivity index (χ2n) is 3.22. The van der Waals surface area contributed by atoms with Crippen LogP contribution in [0.2, 0.25) is 0 Å². The zero-order valence-electron chi connectivity index (χ0n) is 6.87. The van der Waals surface area contributed by atoms with Gasteiger partial charge < -0.3 is 15.1 Å². The van der Waals surface area contributed by atoms with Crippen molar-refractivity contribution in [2.75, 3.05) is 26.4 Å². The molecule has 2 bridgehead atoms. The van der Waals surface area contributed by atoms with Gasteiger partial charge in [-0.15, -0.1) is 0 Å². The Morgan fingerprint density at radius 1 is 1.00 bits per heavy atom. The summed E-state index contributed by atoms with van der Waals surface area (Å²) in [6.07, 6.45) is 4.46. The van der Waals surface area contributed by atoms with Crippen molar-refractivity contribution in [3.63, 3.8) is 0 Å². The molecule has 0 aromatic carbocycles. The zero-order chi connectivity index (χ0) is 8.10. The van der Waals surface area contributed by atoms with Gasteiger partial charge in [0.1, 0.15) is 6.79 Å². The van der Waals surface area contributed by atoms with Crippen LogP contribution >= 0.6 is 0 Å².